The van der Waals surface area contributed by atoms with Crippen LogP contribution >= 0.6 is 0 Å². The SMILES string of the molecule is NS(=O)(=O)Nc1cccc2ccccc12.c1ccccc1. The molecule has 0 atom stereocenters. The Labute approximate surface area is 124 Å². The van der Waals surface area contributed by atoms with Crippen LogP contribution in [0.5, 0.6) is 0 Å². The van der Waals surface area contributed by atoms with Gasteiger partial charge in [-0.2, -0.15) is 8.42 Å². The van der Waals surface area contributed by atoms with Gasteiger partial charge in [0.25, 0.3) is 10.2 Å². The van der Waals surface area contributed by atoms with Crippen molar-refractivity contribution in [3.8, 4) is 0 Å². The van der Waals surface area contributed by atoms with Crippen LogP contribution in [-0.2, 0) is 10.2 Å². The van der Waals surface area contributed by atoms with Crippen molar-refractivity contribution in [2.45, 2.75) is 0 Å². The predicted octanol–water partition coefficient (Wildman–Crippen LogP) is 3.14. The molecular formula is C16H16N2O2S. The monoisotopic (exact) mass is 300 g/mol. The average Bonchev–Trinajstić information content (AvgIpc) is 2.49. The number of hydrogen-bond donors (Lipinski definition) is 2. The van der Waals surface area contributed by atoms with E-state index in [1.54, 1.807) is 12.1 Å². The van der Waals surface area contributed by atoms with Crippen molar-refractivity contribution in [2.24, 2.45) is 5.14 Å². The van der Waals surface area contributed by atoms with Gasteiger partial charge in [-0.1, -0.05) is 72.8 Å². The van der Waals surface area contributed by atoms with Crippen molar-refractivity contribution in [1.29, 1.82) is 0 Å². The third-order valence-corrected chi connectivity index (χ3v) is 3.21. The molecule has 21 heavy (non-hydrogen) atoms. The van der Waals surface area contributed by atoms with E-state index >= 15 is 0 Å². The molecule has 3 aromatic carbocycles. The number of rotatable bonds is 2. The standard InChI is InChI=1S/C10H10N2O2S.C6H6/c11-15(13,14)12-10-7-3-5-8-4-1-2-6-9(8)10;1-2-4-6-5-3-1/h1-7,12H,(H2,11,13,14);1-6H. The van der Waals surface area contributed by atoms with Gasteiger partial charge in [0.05, 0.1) is 5.69 Å². The minimum absolute atomic E-state index is 0.496. The minimum atomic E-state index is -3.72. The van der Waals surface area contributed by atoms with E-state index in [4.69, 9.17) is 5.14 Å². The van der Waals surface area contributed by atoms with Crippen molar-refractivity contribution < 1.29 is 8.42 Å². The van der Waals surface area contributed by atoms with E-state index in [9.17, 15) is 8.42 Å². The summed E-state index contributed by atoms with van der Waals surface area (Å²) in [6.07, 6.45) is 0. The van der Waals surface area contributed by atoms with Gasteiger partial charge in [0.2, 0.25) is 0 Å². The molecule has 0 radical (unpaired) electrons. The molecule has 0 saturated carbocycles. The van der Waals surface area contributed by atoms with E-state index in [-0.39, 0.29) is 0 Å². The van der Waals surface area contributed by atoms with Gasteiger partial charge in [0.15, 0.2) is 0 Å². The van der Waals surface area contributed by atoms with Crippen molar-refractivity contribution >= 4 is 26.7 Å². The molecule has 3 N–H and O–H groups in total. The maximum absolute atomic E-state index is 10.9. The normalized spacial score (nSPS) is 10.5. The first-order valence-corrected chi connectivity index (χ1v) is 7.89. The molecule has 0 spiro atoms. The van der Waals surface area contributed by atoms with Crippen molar-refractivity contribution in [1.82, 2.24) is 0 Å². The molecule has 3 aromatic rings. The largest absolute Gasteiger partial charge is 0.296 e. The highest BCUT2D eigenvalue weighted by Gasteiger charge is 2.05. The summed E-state index contributed by atoms with van der Waals surface area (Å²) in [5.41, 5.74) is 0.496. The molecule has 108 valence electrons. The van der Waals surface area contributed by atoms with Crippen LogP contribution in [0.3, 0.4) is 0 Å². The Kier molecular flexibility index (Phi) is 4.92. The molecule has 0 aliphatic heterocycles. The fourth-order valence-electron chi connectivity index (χ4n) is 1.85. The first-order valence-electron chi connectivity index (χ1n) is 6.34. The molecule has 0 aromatic heterocycles. The lowest BCUT2D eigenvalue weighted by Gasteiger charge is -2.06. The van der Waals surface area contributed by atoms with Gasteiger partial charge in [-0.3, -0.25) is 4.72 Å². The Balaban J connectivity index is 0.000000225. The van der Waals surface area contributed by atoms with Crippen LogP contribution in [0, 0.1) is 0 Å². The first-order chi connectivity index (χ1) is 10.1. The fraction of sp³-hybridized carbons (Fsp3) is 0. The Hall–Kier alpha value is -2.37. The van der Waals surface area contributed by atoms with Crippen molar-refractivity contribution in [3.63, 3.8) is 0 Å². The Morgan fingerprint density at radius 2 is 1.24 bits per heavy atom. The average molecular weight is 300 g/mol. The van der Waals surface area contributed by atoms with E-state index in [0.29, 0.717) is 5.69 Å². The van der Waals surface area contributed by atoms with Crippen LogP contribution in [0.15, 0.2) is 78.9 Å². The van der Waals surface area contributed by atoms with Gasteiger partial charge in [-0.15, -0.1) is 0 Å². The van der Waals surface area contributed by atoms with Crippen LogP contribution in [0.4, 0.5) is 5.69 Å². The second kappa shape index (κ2) is 6.88. The summed E-state index contributed by atoms with van der Waals surface area (Å²) < 4.78 is 24.1. The molecule has 0 amide bonds. The van der Waals surface area contributed by atoms with Crippen molar-refractivity contribution in [2.75, 3.05) is 4.72 Å². The first kappa shape index (κ1) is 15.0. The number of nitrogens with two attached hydrogens (primary N) is 1. The number of hydrogen-bond acceptors (Lipinski definition) is 2. The second-order valence-electron chi connectivity index (χ2n) is 4.33. The quantitative estimate of drug-likeness (QED) is 0.763. The number of nitrogens with one attached hydrogen (secondary N) is 1. The van der Waals surface area contributed by atoms with Gasteiger partial charge in [-0.25, -0.2) is 5.14 Å². The van der Waals surface area contributed by atoms with Crippen LogP contribution in [0.2, 0.25) is 0 Å². The summed E-state index contributed by atoms with van der Waals surface area (Å²) in [5.74, 6) is 0. The van der Waals surface area contributed by atoms with E-state index < -0.39 is 10.2 Å². The summed E-state index contributed by atoms with van der Waals surface area (Å²) in [6.45, 7) is 0. The maximum Gasteiger partial charge on any atom is 0.296 e. The van der Waals surface area contributed by atoms with Gasteiger partial charge < -0.3 is 0 Å². The van der Waals surface area contributed by atoms with E-state index in [1.165, 1.54) is 0 Å². The lowest BCUT2D eigenvalue weighted by molar-refractivity contribution is 0.603. The minimum Gasteiger partial charge on any atom is -0.271 e. The molecule has 0 aliphatic carbocycles. The van der Waals surface area contributed by atoms with E-state index in [1.807, 2.05) is 66.7 Å². The molecule has 0 fully saturated rings. The number of fused-ring (bicyclic) bond motifs is 1. The van der Waals surface area contributed by atoms with Crippen molar-refractivity contribution in [3.05, 3.63) is 78.9 Å². The van der Waals surface area contributed by atoms with Gasteiger partial charge in [0, 0.05) is 5.39 Å². The van der Waals surface area contributed by atoms with Crippen LogP contribution in [0.25, 0.3) is 10.8 Å². The number of benzene rings is 3. The third-order valence-electron chi connectivity index (χ3n) is 2.71. The number of anilines is 1. The summed E-state index contributed by atoms with van der Waals surface area (Å²) in [7, 11) is -3.72. The summed E-state index contributed by atoms with van der Waals surface area (Å²) >= 11 is 0. The zero-order chi connectivity index (χ0) is 15.1. The Bertz CT molecular complexity index is 771. The fourth-order valence-corrected chi connectivity index (χ4v) is 2.34. The van der Waals surface area contributed by atoms with Gasteiger partial charge >= 0.3 is 0 Å². The van der Waals surface area contributed by atoms with Crippen LogP contribution < -0.4 is 9.86 Å². The second-order valence-corrected chi connectivity index (χ2v) is 5.62. The highest BCUT2D eigenvalue weighted by Crippen LogP contribution is 2.23. The lowest BCUT2D eigenvalue weighted by Crippen LogP contribution is -2.21. The molecular weight excluding hydrogens is 284 g/mol. The maximum atomic E-state index is 10.9. The molecule has 3 rings (SSSR count). The predicted molar refractivity (Wildman–Crippen MR) is 87.1 cm³/mol. The topological polar surface area (TPSA) is 72.2 Å². The molecule has 0 heterocycles. The molecule has 0 unspecified atom stereocenters. The zero-order valence-corrected chi connectivity index (χ0v) is 12.1. The molecule has 0 saturated heterocycles. The molecule has 0 aliphatic rings. The summed E-state index contributed by atoms with van der Waals surface area (Å²) in [5, 5.41) is 6.71. The third kappa shape index (κ3) is 4.91. The van der Waals surface area contributed by atoms with E-state index in [0.717, 1.165) is 10.8 Å². The molecule has 0 bridgehead atoms. The van der Waals surface area contributed by atoms with Gasteiger partial charge in [0.1, 0.15) is 0 Å². The summed E-state index contributed by atoms with van der Waals surface area (Å²) in [4.78, 5) is 0. The highest BCUT2D eigenvalue weighted by molar-refractivity contribution is 7.90. The zero-order valence-electron chi connectivity index (χ0n) is 11.3. The molecule has 5 heteroatoms. The Morgan fingerprint density at radius 3 is 1.81 bits per heavy atom. The van der Waals surface area contributed by atoms with Gasteiger partial charge in [-0.05, 0) is 11.5 Å². The van der Waals surface area contributed by atoms with E-state index in [2.05, 4.69) is 4.72 Å². The molecule has 4 nitrogen and oxygen atoms in total. The highest BCUT2D eigenvalue weighted by atomic mass is 32.2. The summed E-state index contributed by atoms with van der Waals surface area (Å²) in [6, 6.07) is 24.8. The Morgan fingerprint density at radius 1 is 0.714 bits per heavy atom. The van der Waals surface area contributed by atoms with Crippen LogP contribution in [0.1, 0.15) is 0 Å². The van der Waals surface area contributed by atoms with Crippen LogP contribution in [-0.4, -0.2) is 8.42 Å². The smallest absolute Gasteiger partial charge is 0.271 e. The lowest BCUT2D eigenvalue weighted by atomic mass is 10.1.